The third-order valence-corrected chi connectivity index (χ3v) is 6.29. The number of hydrogen-bond donors (Lipinski definition) is 1. The number of carbonyl (C=O) groups excluding carboxylic acids is 3. The number of carboxylic acids is 1. The van der Waals surface area contributed by atoms with E-state index in [4.69, 9.17) is 16.3 Å². The monoisotopic (exact) mass is 486 g/mol. The minimum atomic E-state index is -1.16. The van der Waals surface area contributed by atoms with Gasteiger partial charge in [-0.1, -0.05) is 24.6 Å². The maximum absolute atomic E-state index is 13.4. The van der Waals surface area contributed by atoms with Crippen LogP contribution in [0, 0.1) is 5.92 Å². The first-order chi connectivity index (χ1) is 16.2. The number of methoxy groups -OCH3 is 1. The number of ether oxygens (including phenoxy) is 1. The van der Waals surface area contributed by atoms with E-state index >= 15 is 0 Å². The highest BCUT2D eigenvalue weighted by Crippen LogP contribution is 2.30. The second-order valence-corrected chi connectivity index (χ2v) is 8.75. The number of amides is 2. The number of likely N-dealkylation sites (tertiary alicyclic amines) is 1. The van der Waals surface area contributed by atoms with Crippen molar-refractivity contribution in [2.45, 2.75) is 44.9 Å². The fraction of sp³-hybridized carbons (Fsp3) is 0.400. The molecule has 2 aromatic rings. The van der Waals surface area contributed by atoms with Crippen molar-refractivity contribution in [1.82, 2.24) is 9.88 Å². The molecule has 180 valence electrons. The summed E-state index contributed by atoms with van der Waals surface area (Å²) in [6.45, 7) is 1.59. The van der Waals surface area contributed by atoms with E-state index in [9.17, 15) is 24.3 Å². The van der Waals surface area contributed by atoms with Crippen LogP contribution in [0.1, 0.15) is 60.3 Å². The Labute approximate surface area is 202 Å². The summed E-state index contributed by atoms with van der Waals surface area (Å²) in [6, 6.07) is 9.76. The lowest BCUT2D eigenvalue weighted by molar-refractivity contribution is -0.148. The summed E-state index contributed by atoms with van der Waals surface area (Å²) in [5.41, 5.74) is 1.08. The number of imide groups is 1. The molecule has 3 rings (SSSR count). The van der Waals surface area contributed by atoms with Gasteiger partial charge in [0.25, 0.3) is 0 Å². The van der Waals surface area contributed by atoms with Crippen LogP contribution in [-0.4, -0.2) is 52.2 Å². The Morgan fingerprint density at radius 1 is 1.26 bits per heavy atom. The summed E-state index contributed by atoms with van der Waals surface area (Å²) in [5, 5.41) is 9.71. The molecule has 2 atom stereocenters. The van der Waals surface area contributed by atoms with E-state index < -0.39 is 23.7 Å². The molecule has 2 amide bonds. The predicted octanol–water partition coefficient (Wildman–Crippen LogP) is 3.90. The van der Waals surface area contributed by atoms with Gasteiger partial charge in [0, 0.05) is 35.4 Å². The topological polar surface area (TPSA) is 114 Å². The van der Waals surface area contributed by atoms with Gasteiger partial charge in [0.1, 0.15) is 11.4 Å². The molecule has 2 heterocycles. The van der Waals surface area contributed by atoms with Crippen molar-refractivity contribution in [1.29, 1.82) is 0 Å². The zero-order valence-electron chi connectivity index (χ0n) is 19.1. The molecule has 0 bridgehead atoms. The van der Waals surface area contributed by atoms with Gasteiger partial charge >= 0.3 is 5.97 Å². The summed E-state index contributed by atoms with van der Waals surface area (Å²) >= 11 is 6.12. The second kappa shape index (κ2) is 11.2. The van der Waals surface area contributed by atoms with Crippen molar-refractivity contribution in [3.05, 3.63) is 58.4 Å². The summed E-state index contributed by atoms with van der Waals surface area (Å²) in [7, 11) is 1.53. The van der Waals surface area contributed by atoms with Gasteiger partial charge in [-0.05, 0) is 55.2 Å². The van der Waals surface area contributed by atoms with Crippen LogP contribution in [-0.2, 0) is 20.8 Å². The van der Waals surface area contributed by atoms with Crippen molar-refractivity contribution in [2.75, 3.05) is 13.7 Å². The molecule has 9 heteroatoms. The fourth-order valence-corrected chi connectivity index (χ4v) is 4.36. The molecule has 0 radical (unpaired) electrons. The number of halogens is 1. The summed E-state index contributed by atoms with van der Waals surface area (Å²) in [5.74, 6) is -2.59. The van der Waals surface area contributed by atoms with Crippen LogP contribution < -0.4 is 4.74 Å². The fourth-order valence-electron chi connectivity index (χ4n) is 4.16. The van der Waals surface area contributed by atoms with Gasteiger partial charge in [-0.2, -0.15) is 0 Å². The van der Waals surface area contributed by atoms with Crippen molar-refractivity contribution in [3.8, 4) is 5.75 Å². The summed E-state index contributed by atoms with van der Waals surface area (Å²) < 4.78 is 5.38. The Morgan fingerprint density at radius 3 is 2.71 bits per heavy atom. The van der Waals surface area contributed by atoms with Crippen molar-refractivity contribution < 1.29 is 29.0 Å². The average molecular weight is 487 g/mol. The first kappa shape index (κ1) is 25.4. The Kier molecular flexibility index (Phi) is 8.39. The van der Waals surface area contributed by atoms with Gasteiger partial charge in [-0.15, -0.1) is 0 Å². The number of nitrogens with zero attached hydrogens (tertiary/aromatic N) is 2. The Hall–Kier alpha value is -3.26. The van der Waals surface area contributed by atoms with Gasteiger partial charge in [-0.25, -0.2) is 9.78 Å². The summed E-state index contributed by atoms with van der Waals surface area (Å²) in [6.07, 6.45) is 1.28. The number of aromatic carboxylic acids is 1. The Balaban J connectivity index is 1.81. The highest BCUT2D eigenvalue weighted by atomic mass is 35.5. The highest BCUT2D eigenvalue weighted by Gasteiger charge is 2.35. The molecule has 1 aliphatic rings. The van der Waals surface area contributed by atoms with Crippen LogP contribution in [0.3, 0.4) is 0 Å². The smallest absolute Gasteiger partial charge is 0.354 e. The number of Topliss-reactive ketones (excluding diaryl/α,β-unsaturated/α-hetero) is 1. The molecular weight excluding hydrogens is 460 g/mol. The molecule has 2 unspecified atom stereocenters. The highest BCUT2D eigenvalue weighted by molar-refractivity contribution is 6.30. The molecule has 1 aliphatic heterocycles. The van der Waals surface area contributed by atoms with Crippen LogP contribution in [0.5, 0.6) is 5.75 Å². The van der Waals surface area contributed by atoms with Crippen LogP contribution in [0.2, 0.25) is 5.02 Å². The molecule has 0 spiro atoms. The van der Waals surface area contributed by atoms with Crippen LogP contribution in [0.4, 0.5) is 0 Å². The third kappa shape index (κ3) is 5.99. The van der Waals surface area contributed by atoms with E-state index in [-0.39, 0.29) is 36.8 Å². The number of aromatic nitrogens is 1. The van der Waals surface area contributed by atoms with Crippen molar-refractivity contribution in [3.63, 3.8) is 0 Å². The maximum Gasteiger partial charge on any atom is 0.354 e. The van der Waals surface area contributed by atoms with Crippen LogP contribution in [0.15, 0.2) is 36.4 Å². The first-order valence-corrected chi connectivity index (χ1v) is 11.5. The number of carbonyl (C=O) groups is 4. The van der Waals surface area contributed by atoms with E-state index in [1.165, 1.54) is 13.2 Å². The first-order valence-electron chi connectivity index (χ1n) is 11.1. The normalized spacial score (nSPS) is 17.3. The van der Waals surface area contributed by atoms with Crippen LogP contribution in [0.25, 0.3) is 0 Å². The quantitative estimate of drug-likeness (QED) is 0.601. The van der Waals surface area contributed by atoms with Crippen LogP contribution >= 0.6 is 11.6 Å². The second-order valence-electron chi connectivity index (χ2n) is 8.31. The molecule has 0 saturated carbocycles. The predicted molar refractivity (Wildman–Crippen MR) is 125 cm³/mol. The molecule has 1 saturated heterocycles. The minimum absolute atomic E-state index is 0.0567. The van der Waals surface area contributed by atoms with E-state index in [0.29, 0.717) is 35.7 Å². The lowest BCUT2D eigenvalue weighted by Gasteiger charge is -2.24. The number of benzene rings is 1. The Morgan fingerprint density at radius 2 is 2.03 bits per heavy atom. The summed E-state index contributed by atoms with van der Waals surface area (Å²) in [4.78, 5) is 55.4. The number of hydrogen-bond acceptors (Lipinski definition) is 6. The molecule has 8 nitrogen and oxygen atoms in total. The van der Waals surface area contributed by atoms with E-state index in [1.54, 1.807) is 30.3 Å². The molecule has 1 aromatic heterocycles. The largest absolute Gasteiger partial charge is 0.496 e. The molecule has 1 fully saturated rings. The van der Waals surface area contributed by atoms with Crippen molar-refractivity contribution >= 4 is 35.2 Å². The SMILES string of the molecule is CCC(CC(=O)N1CC(=O)CCC(Cc2cc(Cl)ccc2OC)C1=O)c1cccc(C(=O)O)n1. The molecule has 0 aliphatic carbocycles. The number of pyridine rings is 1. The van der Waals surface area contributed by atoms with Crippen molar-refractivity contribution in [2.24, 2.45) is 5.92 Å². The molecule has 1 aromatic carbocycles. The van der Waals surface area contributed by atoms with Gasteiger partial charge in [0.05, 0.1) is 13.7 Å². The average Bonchev–Trinajstić information content (AvgIpc) is 2.96. The number of ketones is 1. The van der Waals surface area contributed by atoms with E-state index in [0.717, 1.165) is 10.5 Å². The zero-order chi connectivity index (χ0) is 24.8. The third-order valence-electron chi connectivity index (χ3n) is 6.05. The Bertz CT molecular complexity index is 1100. The number of rotatable bonds is 8. The van der Waals surface area contributed by atoms with Gasteiger partial charge < -0.3 is 9.84 Å². The minimum Gasteiger partial charge on any atom is -0.496 e. The standard InChI is InChI=1S/C25H27ClN2O6/c1-3-15(20-5-4-6-21(27-20)25(32)33)13-23(30)28-14-19(29)9-7-16(24(28)31)11-17-12-18(26)8-10-22(17)34-2/h4-6,8,10,12,15-16H,3,7,9,11,13-14H2,1-2H3,(H,32,33). The van der Waals surface area contributed by atoms with Gasteiger partial charge in [-0.3, -0.25) is 19.3 Å². The molecule has 1 N–H and O–H groups in total. The lowest BCUT2D eigenvalue weighted by atomic mass is 9.93. The lowest BCUT2D eigenvalue weighted by Crippen LogP contribution is -2.42. The van der Waals surface area contributed by atoms with E-state index in [1.807, 2.05) is 6.92 Å². The number of carboxylic acid groups (broad SMARTS) is 1. The maximum atomic E-state index is 13.4. The molecular formula is C25H27ClN2O6. The van der Waals surface area contributed by atoms with Gasteiger partial charge in [0.2, 0.25) is 11.8 Å². The zero-order valence-corrected chi connectivity index (χ0v) is 19.9. The van der Waals surface area contributed by atoms with E-state index in [2.05, 4.69) is 4.98 Å². The van der Waals surface area contributed by atoms with Gasteiger partial charge in [0.15, 0.2) is 5.78 Å². The molecule has 34 heavy (non-hydrogen) atoms.